The van der Waals surface area contributed by atoms with E-state index in [9.17, 15) is 5.11 Å². The summed E-state index contributed by atoms with van der Waals surface area (Å²) in [6.45, 7) is 7.15. The lowest BCUT2D eigenvalue weighted by Gasteiger charge is -2.43. The van der Waals surface area contributed by atoms with Crippen molar-refractivity contribution >= 4 is 0 Å². The van der Waals surface area contributed by atoms with Crippen LogP contribution in [0, 0.1) is 5.41 Å². The molecule has 0 atom stereocenters. The third-order valence-corrected chi connectivity index (χ3v) is 3.14. The molecule has 0 bridgehead atoms. The summed E-state index contributed by atoms with van der Waals surface area (Å²) in [7, 11) is 0. The molecule has 82 valence electrons. The SMILES string of the molecule is OCC1(CN2CCCNCC2)COC1. The van der Waals surface area contributed by atoms with Gasteiger partial charge in [-0.2, -0.15) is 0 Å². The minimum atomic E-state index is 0.0460. The van der Waals surface area contributed by atoms with Gasteiger partial charge in [-0.3, -0.25) is 0 Å². The molecular formula is C10H20N2O2. The van der Waals surface area contributed by atoms with E-state index in [1.165, 1.54) is 6.42 Å². The smallest absolute Gasteiger partial charge is 0.0579 e. The van der Waals surface area contributed by atoms with E-state index in [0.717, 1.165) is 45.9 Å². The van der Waals surface area contributed by atoms with Crippen molar-refractivity contribution in [3.63, 3.8) is 0 Å². The Balaban J connectivity index is 1.82. The van der Waals surface area contributed by atoms with Crippen molar-refractivity contribution in [1.82, 2.24) is 10.2 Å². The number of rotatable bonds is 3. The van der Waals surface area contributed by atoms with Crippen LogP contribution in [0.15, 0.2) is 0 Å². The van der Waals surface area contributed by atoms with E-state index in [0.29, 0.717) is 0 Å². The molecule has 0 aromatic rings. The van der Waals surface area contributed by atoms with Crippen molar-refractivity contribution in [2.45, 2.75) is 6.42 Å². The van der Waals surface area contributed by atoms with E-state index in [4.69, 9.17) is 4.74 Å². The van der Waals surface area contributed by atoms with Gasteiger partial charge in [-0.05, 0) is 19.5 Å². The van der Waals surface area contributed by atoms with Crippen LogP contribution < -0.4 is 5.32 Å². The zero-order valence-corrected chi connectivity index (χ0v) is 8.67. The maximum Gasteiger partial charge on any atom is 0.0579 e. The highest BCUT2D eigenvalue weighted by Crippen LogP contribution is 2.27. The van der Waals surface area contributed by atoms with Crippen LogP contribution in [0.3, 0.4) is 0 Å². The Morgan fingerprint density at radius 3 is 2.79 bits per heavy atom. The molecule has 0 aromatic heterocycles. The largest absolute Gasteiger partial charge is 0.396 e. The number of nitrogens with one attached hydrogen (secondary N) is 1. The summed E-state index contributed by atoms with van der Waals surface area (Å²) in [5.74, 6) is 0. The Morgan fingerprint density at radius 1 is 1.29 bits per heavy atom. The van der Waals surface area contributed by atoms with Gasteiger partial charge in [-0.15, -0.1) is 0 Å². The first-order chi connectivity index (χ1) is 6.85. The molecule has 14 heavy (non-hydrogen) atoms. The lowest BCUT2D eigenvalue weighted by Crippen LogP contribution is -2.53. The second-order valence-electron chi connectivity index (χ2n) is 4.53. The van der Waals surface area contributed by atoms with Crippen molar-refractivity contribution in [3.05, 3.63) is 0 Å². The fourth-order valence-corrected chi connectivity index (χ4v) is 2.16. The average molecular weight is 200 g/mol. The van der Waals surface area contributed by atoms with Crippen LogP contribution in [0.25, 0.3) is 0 Å². The van der Waals surface area contributed by atoms with Gasteiger partial charge in [0.05, 0.1) is 25.2 Å². The highest BCUT2D eigenvalue weighted by molar-refractivity contribution is 4.88. The summed E-state index contributed by atoms with van der Waals surface area (Å²) in [5.41, 5.74) is 0.0460. The molecule has 2 rings (SSSR count). The zero-order valence-electron chi connectivity index (χ0n) is 8.67. The van der Waals surface area contributed by atoms with Crippen LogP contribution in [0.2, 0.25) is 0 Å². The summed E-state index contributed by atoms with van der Waals surface area (Å²) >= 11 is 0. The highest BCUT2D eigenvalue weighted by Gasteiger charge is 2.39. The van der Waals surface area contributed by atoms with E-state index < -0.39 is 0 Å². The van der Waals surface area contributed by atoms with Gasteiger partial charge in [-0.25, -0.2) is 0 Å². The summed E-state index contributed by atoms with van der Waals surface area (Å²) < 4.78 is 5.20. The topological polar surface area (TPSA) is 44.7 Å². The van der Waals surface area contributed by atoms with Gasteiger partial charge in [0.1, 0.15) is 0 Å². The van der Waals surface area contributed by atoms with Crippen LogP contribution in [0.5, 0.6) is 0 Å². The molecule has 0 radical (unpaired) electrons. The monoisotopic (exact) mass is 200 g/mol. The number of hydrogen-bond acceptors (Lipinski definition) is 4. The number of ether oxygens (including phenoxy) is 1. The minimum absolute atomic E-state index is 0.0460. The van der Waals surface area contributed by atoms with Gasteiger partial charge in [0.25, 0.3) is 0 Å². The summed E-state index contributed by atoms with van der Waals surface area (Å²) in [5, 5.41) is 12.7. The minimum Gasteiger partial charge on any atom is -0.396 e. The quantitative estimate of drug-likeness (QED) is 0.632. The highest BCUT2D eigenvalue weighted by atomic mass is 16.5. The lowest BCUT2D eigenvalue weighted by molar-refractivity contribution is -0.147. The van der Waals surface area contributed by atoms with Gasteiger partial charge in [0.2, 0.25) is 0 Å². The molecule has 2 heterocycles. The van der Waals surface area contributed by atoms with Crippen molar-refractivity contribution < 1.29 is 9.84 Å². The third-order valence-electron chi connectivity index (χ3n) is 3.14. The molecule has 0 amide bonds. The fourth-order valence-electron chi connectivity index (χ4n) is 2.16. The normalized spacial score (nSPS) is 28.1. The number of aliphatic hydroxyl groups is 1. The molecule has 2 aliphatic rings. The van der Waals surface area contributed by atoms with Crippen LogP contribution in [0.1, 0.15) is 6.42 Å². The number of aliphatic hydroxyl groups excluding tert-OH is 1. The fraction of sp³-hybridized carbons (Fsp3) is 1.00. The third kappa shape index (κ3) is 2.25. The van der Waals surface area contributed by atoms with Gasteiger partial charge >= 0.3 is 0 Å². The number of nitrogens with zero attached hydrogens (tertiary/aromatic N) is 1. The van der Waals surface area contributed by atoms with Crippen molar-refractivity contribution in [2.75, 3.05) is 52.5 Å². The predicted molar refractivity (Wildman–Crippen MR) is 54.3 cm³/mol. The standard InChI is InChI=1S/C10H20N2O2/c13-7-10(8-14-9-10)6-12-4-1-2-11-3-5-12/h11,13H,1-9H2. The maximum absolute atomic E-state index is 9.32. The maximum atomic E-state index is 9.32. The van der Waals surface area contributed by atoms with E-state index in [1.807, 2.05) is 0 Å². The van der Waals surface area contributed by atoms with Gasteiger partial charge in [-0.1, -0.05) is 0 Å². The molecule has 2 N–H and O–H groups in total. The molecule has 0 saturated carbocycles. The molecule has 0 spiro atoms. The Labute approximate surface area is 85.2 Å². The van der Waals surface area contributed by atoms with Crippen molar-refractivity contribution in [3.8, 4) is 0 Å². The second kappa shape index (κ2) is 4.57. The Bertz CT molecular complexity index is 169. The van der Waals surface area contributed by atoms with Crippen molar-refractivity contribution in [2.24, 2.45) is 5.41 Å². The summed E-state index contributed by atoms with van der Waals surface area (Å²) in [4.78, 5) is 2.44. The van der Waals surface area contributed by atoms with Gasteiger partial charge in [0, 0.05) is 19.6 Å². The van der Waals surface area contributed by atoms with Crippen LogP contribution in [-0.2, 0) is 4.74 Å². The summed E-state index contributed by atoms with van der Waals surface area (Å²) in [6, 6.07) is 0. The predicted octanol–water partition coefficient (Wildman–Crippen LogP) is -0.709. The van der Waals surface area contributed by atoms with Crippen LogP contribution in [-0.4, -0.2) is 62.6 Å². The summed E-state index contributed by atoms with van der Waals surface area (Å²) in [6.07, 6.45) is 1.21. The Kier molecular flexibility index (Phi) is 3.38. The Morgan fingerprint density at radius 2 is 2.14 bits per heavy atom. The van der Waals surface area contributed by atoms with E-state index in [-0.39, 0.29) is 12.0 Å². The van der Waals surface area contributed by atoms with Crippen LogP contribution >= 0.6 is 0 Å². The average Bonchev–Trinajstić information content (AvgIpc) is 2.39. The van der Waals surface area contributed by atoms with E-state index in [1.54, 1.807) is 0 Å². The van der Waals surface area contributed by atoms with Crippen molar-refractivity contribution in [1.29, 1.82) is 0 Å². The molecule has 0 aromatic carbocycles. The van der Waals surface area contributed by atoms with Gasteiger partial charge in [0.15, 0.2) is 0 Å². The second-order valence-corrected chi connectivity index (χ2v) is 4.53. The lowest BCUT2D eigenvalue weighted by atomic mass is 9.86. The molecule has 4 nitrogen and oxygen atoms in total. The first kappa shape index (κ1) is 10.4. The zero-order chi connectivity index (χ0) is 9.86. The van der Waals surface area contributed by atoms with Crippen LogP contribution in [0.4, 0.5) is 0 Å². The first-order valence-corrected chi connectivity index (χ1v) is 5.46. The molecule has 0 unspecified atom stereocenters. The first-order valence-electron chi connectivity index (χ1n) is 5.46. The molecule has 4 heteroatoms. The molecular weight excluding hydrogens is 180 g/mol. The number of hydrogen-bond donors (Lipinski definition) is 2. The molecule has 2 saturated heterocycles. The molecule has 0 aliphatic carbocycles. The van der Waals surface area contributed by atoms with E-state index >= 15 is 0 Å². The van der Waals surface area contributed by atoms with Gasteiger partial charge < -0.3 is 20.1 Å². The van der Waals surface area contributed by atoms with E-state index in [2.05, 4.69) is 10.2 Å². The Hall–Kier alpha value is -0.160. The molecule has 2 aliphatic heterocycles. The molecule has 2 fully saturated rings.